The summed E-state index contributed by atoms with van der Waals surface area (Å²) < 4.78 is 13.3. The number of aromatic nitrogens is 1. The highest BCUT2D eigenvalue weighted by Crippen LogP contribution is 2.25. The van der Waals surface area contributed by atoms with Gasteiger partial charge in [0.05, 0.1) is 0 Å². The van der Waals surface area contributed by atoms with Gasteiger partial charge < -0.3 is 10.6 Å². The van der Waals surface area contributed by atoms with Crippen molar-refractivity contribution in [2.24, 2.45) is 5.73 Å². The van der Waals surface area contributed by atoms with E-state index in [9.17, 15) is 4.39 Å². The molecular weight excluding hydrogens is 265 g/mol. The summed E-state index contributed by atoms with van der Waals surface area (Å²) in [5, 5.41) is 0. The molecule has 0 radical (unpaired) electrons. The number of nitrogens with two attached hydrogens (primary N) is 1. The molecule has 1 atom stereocenters. The van der Waals surface area contributed by atoms with E-state index in [1.807, 2.05) is 31.1 Å². The number of hydrogen-bond acceptors (Lipinski definition) is 3. The van der Waals surface area contributed by atoms with Gasteiger partial charge in [0.15, 0.2) is 0 Å². The summed E-state index contributed by atoms with van der Waals surface area (Å²) in [6.07, 6.45) is 3.63. The summed E-state index contributed by atoms with van der Waals surface area (Å²) in [4.78, 5) is 6.41. The lowest BCUT2D eigenvalue weighted by Crippen LogP contribution is -2.21. The molecule has 0 saturated carbocycles. The zero-order valence-electron chi connectivity index (χ0n) is 12.8. The van der Waals surface area contributed by atoms with Gasteiger partial charge in [0.2, 0.25) is 0 Å². The Labute approximate surface area is 125 Å². The molecule has 1 aromatic heterocycles. The molecule has 2 aromatic rings. The molecule has 2 N–H and O–H groups in total. The number of benzene rings is 1. The quantitative estimate of drug-likeness (QED) is 0.914. The Morgan fingerprint density at radius 2 is 2.10 bits per heavy atom. The standard InChI is InChI=1S/C17H22FN3/c1-4-15(19)9-13-8-12(2)17(20-11-13)21(3)16-7-5-6-14(18)10-16/h5-8,10-11,15H,4,9,19H2,1-3H3. The minimum Gasteiger partial charge on any atom is -0.329 e. The van der Waals surface area contributed by atoms with E-state index in [-0.39, 0.29) is 11.9 Å². The Bertz CT molecular complexity index is 613. The highest BCUT2D eigenvalue weighted by atomic mass is 19.1. The smallest absolute Gasteiger partial charge is 0.135 e. The number of pyridine rings is 1. The summed E-state index contributed by atoms with van der Waals surface area (Å²) in [5.74, 6) is 0.581. The fourth-order valence-corrected chi connectivity index (χ4v) is 2.34. The lowest BCUT2D eigenvalue weighted by molar-refractivity contribution is 0.628. The number of halogens is 1. The first-order valence-corrected chi connectivity index (χ1v) is 7.21. The number of nitrogens with zero attached hydrogens (tertiary/aromatic N) is 2. The van der Waals surface area contributed by atoms with E-state index in [0.717, 1.165) is 35.5 Å². The number of rotatable bonds is 5. The highest BCUT2D eigenvalue weighted by Gasteiger charge is 2.11. The van der Waals surface area contributed by atoms with Gasteiger partial charge in [-0.3, -0.25) is 0 Å². The third kappa shape index (κ3) is 3.79. The number of aryl methyl sites for hydroxylation is 1. The van der Waals surface area contributed by atoms with Crippen molar-refractivity contribution in [2.45, 2.75) is 32.7 Å². The molecule has 0 fully saturated rings. The molecule has 0 bridgehead atoms. The maximum atomic E-state index is 13.3. The van der Waals surface area contributed by atoms with Crippen molar-refractivity contribution in [3.05, 3.63) is 53.5 Å². The lowest BCUT2D eigenvalue weighted by Gasteiger charge is -2.21. The molecule has 1 unspecified atom stereocenters. The van der Waals surface area contributed by atoms with Crippen LogP contribution in [0.25, 0.3) is 0 Å². The lowest BCUT2D eigenvalue weighted by atomic mass is 10.0. The van der Waals surface area contributed by atoms with Gasteiger partial charge in [0.25, 0.3) is 0 Å². The number of hydrogen-bond donors (Lipinski definition) is 1. The van der Waals surface area contributed by atoms with Crippen LogP contribution >= 0.6 is 0 Å². The second-order valence-electron chi connectivity index (χ2n) is 5.40. The van der Waals surface area contributed by atoms with Gasteiger partial charge in [-0.2, -0.15) is 0 Å². The van der Waals surface area contributed by atoms with Gasteiger partial charge in [0.1, 0.15) is 11.6 Å². The average Bonchev–Trinajstić information content (AvgIpc) is 2.46. The molecule has 0 aliphatic rings. The van der Waals surface area contributed by atoms with Gasteiger partial charge in [-0.05, 0) is 49.1 Å². The first-order chi connectivity index (χ1) is 10.0. The molecule has 112 valence electrons. The van der Waals surface area contributed by atoms with Crippen molar-refractivity contribution < 1.29 is 4.39 Å². The topological polar surface area (TPSA) is 42.1 Å². The summed E-state index contributed by atoms with van der Waals surface area (Å²) >= 11 is 0. The molecule has 0 aliphatic heterocycles. The first-order valence-electron chi connectivity index (χ1n) is 7.21. The fraction of sp³-hybridized carbons (Fsp3) is 0.353. The highest BCUT2D eigenvalue weighted by molar-refractivity contribution is 5.62. The molecule has 1 aromatic carbocycles. The van der Waals surface area contributed by atoms with Crippen molar-refractivity contribution in [2.75, 3.05) is 11.9 Å². The Kier molecular flexibility index (Phi) is 4.91. The van der Waals surface area contributed by atoms with Crippen LogP contribution in [0.4, 0.5) is 15.9 Å². The molecule has 21 heavy (non-hydrogen) atoms. The van der Waals surface area contributed by atoms with E-state index in [1.54, 1.807) is 6.07 Å². The second kappa shape index (κ2) is 6.68. The predicted octanol–water partition coefficient (Wildman–Crippen LogP) is 3.58. The van der Waals surface area contributed by atoms with E-state index in [2.05, 4.69) is 18.0 Å². The van der Waals surface area contributed by atoms with Crippen LogP contribution in [0.2, 0.25) is 0 Å². The monoisotopic (exact) mass is 287 g/mol. The maximum absolute atomic E-state index is 13.3. The van der Waals surface area contributed by atoms with E-state index in [0.29, 0.717) is 0 Å². The van der Waals surface area contributed by atoms with Crippen LogP contribution < -0.4 is 10.6 Å². The van der Waals surface area contributed by atoms with Crippen molar-refractivity contribution >= 4 is 11.5 Å². The molecule has 0 spiro atoms. The SMILES string of the molecule is CCC(N)Cc1cnc(N(C)c2cccc(F)c2)c(C)c1. The predicted molar refractivity (Wildman–Crippen MR) is 85.4 cm³/mol. The Morgan fingerprint density at radius 3 is 2.71 bits per heavy atom. The Hall–Kier alpha value is -1.94. The third-order valence-electron chi connectivity index (χ3n) is 3.64. The Morgan fingerprint density at radius 1 is 1.33 bits per heavy atom. The summed E-state index contributed by atoms with van der Waals surface area (Å²) in [6.45, 7) is 4.09. The molecule has 4 heteroatoms. The molecule has 3 nitrogen and oxygen atoms in total. The van der Waals surface area contributed by atoms with Gasteiger partial charge >= 0.3 is 0 Å². The van der Waals surface area contributed by atoms with Gasteiger partial charge in [-0.15, -0.1) is 0 Å². The minimum absolute atomic E-state index is 0.165. The second-order valence-corrected chi connectivity index (χ2v) is 5.40. The van der Waals surface area contributed by atoms with Crippen LogP contribution in [-0.4, -0.2) is 18.1 Å². The molecule has 2 rings (SSSR count). The normalized spacial score (nSPS) is 12.2. The van der Waals surface area contributed by atoms with Crippen LogP contribution in [0, 0.1) is 12.7 Å². The molecular formula is C17H22FN3. The van der Waals surface area contributed by atoms with Crippen LogP contribution in [0.15, 0.2) is 36.5 Å². The van der Waals surface area contributed by atoms with Crippen LogP contribution in [-0.2, 0) is 6.42 Å². The maximum Gasteiger partial charge on any atom is 0.135 e. The zero-order valence-corrected chi connectivity index (χ0v) is 12.8. The van der Waals surface area contributed by atoms with Gasteiger partial charge in [0, 0.05) is 25.0 Å². The molecule has 0 amide bonds. The molecule has 1 heterocycles. The largest absolute Gasteiger partial charge is 0.329 e. The molecule has 0 aliphatic carbocycles. The van der Waals surface area contributed by atoms with E-state index < -0.39 is 0 Å². The van der Waals surface area contributed by atoms with Crippen molar-refractivity contribution in [1.82, 2.24) is 4.98 Å². The fourth-order valence-electron chi connectivity index (χ4n) is 2.34. The third-order valence-corrected chi connectivity index (χ3v) is 3.64. The van der Waals surface area contributed by atoms with Crippen LogP contribution in [0.1, 0.15) is 24.5 Å². The number of anilines is 2. The van der Waals surface area contributed by atoms with Crippen LogP contribution in [0.3, 0.4) is 0 Å². The average molecular weight is 287 g/mol. The van der Waals surface area contributed by atoms with Crippen molar-refractivity contribution in [3.63, 3.8) is 0 Å². The van der Waals surface area contributed by atoms with E-state index in [1.165, 1.54) is 12.1 Å². The van der Waals surface area contributed by atoms with E-state index in [4.69, 9.17) is 5.73 Å². The summed E-state index contributed by atoms with van der Waals surface area (Å²) in [7, 11) is 1.89. The summed E-state index contributed by atoms with van der Waals surface area (Å²) in [6, 6.07) is 8.77. The summed E-state index contributed by atoms with van der Waals surface area (Å²) in [5.41, 5.74) is 8.96. The molecule has 0 saturated heterocycles. The first kappa shape index (κ1) is 15.4. The van der Waals surface area contributed by atoms with Gasteiger partial charge in [-0.1, -0.05) is 19.1 Å². The van der Waals surface area contributed by atoms with Gasteiger partial charge in [-0.25, -0.2) is 9.37 Å². The van der Waals surface area contributed by atoms with Crippen molar-refractivity contribution in [1.29, 1.82) is 0 Å². The van der Waals surface area contributed by atoms with Crippen LogP contribution in [0.5, 0.6) is 0 Å². The zero-order chi connectivity index (χ0) is 15.4. The van der Waals surface area contributed by atoms with Crippen molar-refractivity contribution in [3.8, 4) is 0 Å². The Balaban J connectivity index is 2.24. The van der Waals surface area contributed by atoms with E-state index >= 15 is 0 Å². The minimum atomic E-state index is -0.248.